The lowest BCUT2D eigenvalue weighted by molar-refractivity contribution is -0.119. The molecule has 0 fully saturated rings. The molecule has 0 radical (unpaired) electrons. The Morgan fingerprint density at radius 1 is 1.27 bits per heavy atom. The molecule has 0 bridgehead atoms. The van der Waals surface area contributed by atoms with E-state index in [2.05, 4.69) is 25.6 Å². The van der Waals surface area contributed by atoms with Crippen LogP contribution < -0.4 is 21.3 Å². The molecule has 2 aromatic carbocycles. The summed E-state index contributed by atoms with van der Waals surface area (Å²) in [7, 11) is 1.64. The summed E-state index contributed by atoms with van der Waals surface area (Å²) in [6.07, 6.45) is 2.33. The summed E-state index contributed by atoms with van der Waals surface area (Å²) in [6, 6.07) is 9.44. The van der Waals surface area contributed by atoms with Crippen LogP contribution in [0.25, 0.3) is 0 Å². The van der Waals surface area contributed by atoms with Crippen LogP contribution in [0.3, 0.4) is 0 Å². The normalized spacial score (nSPS) is 17.3. The molecule has 11 nitrogen and oxygen atoms in total. The van der Waals surface area contributed by atoms with Crippen molar-refractivity contribution in [3.63, 3.8) is 0 Å². The smallest absolute Gasteiger partial charge is 0.252 e. The van der Waals surface area contributed by atoms with E-state index in [1.807, 2.05) is 31.2 Å². The summed E-state index contributed by atoms with van der Waals surface area (Å²) < 4.78 is 13.6. The van der Waals surface area contributed by atoms with E-state index in [0.717, 1.165) is 23.9 Å². The largest absolute Gasteiger partial charge is 0.505 e. The molecule has 0 aliphatic carbocycles. The van der Waals surface area contributed by atoms with Gasteiger partial charge in [0.25, 0.3) is 5.91 Å². The number of aromatic hydroxyl groups is 1. The summed E-state index contributed by atoms with van der Waals surface area (Å²) in [5.41, 5.74) is 7.78. The summed E-state index contributed by atoms with van der Waals surface area (Å²) in [4.78, 5) is 27.8. The molecule has 0 saturated heterocycles. The number of para-hydroxylation sites is 1. The second-order valence-electron chi connectivity index (χ2n) is 8.31. The number of aryl methyl sites for hydroxylation is 1. The SMILES string of the molecule is CNC1C(=O)N(c2ccccc2C)C(CNc2ncnc(N)c2C(=N)c2ccc(F)c(O)c2)=NC1C=N. The van der Waals surface area contributed by atoms with Gasteiger partial charge in [0.05, 0.1) is 23.5 Å². The van der Waals surface area contributed by atoms with E-state index in [1.54, 1.807) is 7.05 Å². The van der Waals surface area contributed by atoms with Gasteiger partial charge in [-0.25, -0.2) is 14.4 Å². The first-order chi connectivity index (χ1) is 17.8. The highest BCUT2D eigenvalue weighted by molar-refractivity contribution is 6.23. The van der Waals surface area contributed by atoms with Crippen LogP contribution in [-0.2, 0) is 4.79 Å². The number of amides is 1. The van der Waals surface area contributed by atoms with Crippen molar-refractivity contribution in [1.29, 1.82) is 10.8 Å². The lowest BCUT2D eigenvalue weighted by Gasteiger charge is -2.36. The first-order valence-electron chi connectivity index (χ1n) is 11.3. The fraction of sp³-hybridized carbons (Fsp3) is 0.200. The number of nitrogens with zero attached hydrogens (tertiary/aromatic N) is 4. The second-order valence-corrected chi connectivity index (χ2v) is 8.31. The quantitative estimate of drug-likeness (QED) is 0.255. The van der Waals surface area contributed by atoms with Crippen LogP contribution >= 0.6 is 0 Å². The van der Waals surface area contributed by atoms with Crippen LogP contribution in [0.5, 0.6) is 5.75 Å². The number of hydrogen-bond acceptors (Lipinski definition) is 10. The highest BCUT2D eigenvalue weighted by Gasteiger charge is 2.38. The molecule has 3 aromatic rings. The molecular formula is C25H26FN9O2. The number of rotatable bonds is 8. The summed E-state index contributed by atoms with van der Waals surface area (Å²) >= 11 is 0. The molecule has 2 heterocycles. The lowest BCUT2D eigenvalue weighted by Crippen LogP contribution is -2.59. The van der Waals surface area contributed by atoms with Gasteiger partial charge < -0.3 is 26.9 Å². The number of aromatic nitrogens is 2. The van der Waals surface area contributed by atoms with Gasteiger partial charge >= 0.3 is 0 Å². The molecule has 0 spiro atoms. The molecule has 2 unspecified atom stereocenters. The third kappa shape index (κ3) is 4.86. The highest BCUT2D eigenvalue weighted by atomic mass is 19.1. The highest BCUT2D eigenvalue weighted by Crippen LogP contribution is 2.27. The monoisotopic (exact) mass is 503 g/mol. The number of halogens is 1. The maximum Gasteiger partial charge on any atom is 0.252 e. The van der Waals surface area contributed by atoms with E-state index in [0.29, 0.717) is 11.5 Å². The molecule has 12 heteroatoms. The number of anilines is 3. The zero-order chi connectivity index (χ0) is 26.7. The van der Waals surface area contributed by atoms with Gasteiger partial charge in [0.2, 0.25) is 0 Å². The molecule has 1 aliphatic heterocycles. The number of carbonyl (C=O) groups is 1. The Morgan fingerprint density at radius 3 is 2.70 bits per heavy atom. The van der Waals surface area contributed by atoms with Crippen molar-refractivity contribution < 1.29 is 14.3 Å². The number of carbonyl (C=O) groups excluding carboxylic acids is 1. The number of phenolic OH excluding ortho intramolecular Hbond substituents is 1. The fourth-order valence-electron chi connectivity index (χ4n) is 4.10. The zero-order valence-electron chi connectivity index (χ0n) is 20.2. The van der Waals surface area contributed by atoms with Crippen molar-refractivity contribution in [3.8, 4) is 5.75 Å². The minimum absolute atomic E-state index is 0.00338. The predicted molar refractivity (Wildman–Crippen MR) is 140 cm³/mol. The Balaban J connectivity index is 1.71. The number of hydrogen-bond donors (Lipinski definition) is 6. The van der Waals surface area contributed by atoms with E-state index in [4.69, 9.17) is 16.6 Å². The molecule has 2 atom stereocenters. The van der Waals surface area contributed by atoms with Crippen molar-refractivity contribution in [1.82, 2.24) is 15.3 Å². The summed E-state index contributed by atoms with van der Waals surface area (Å²) in [5.74, 6) is -1.17. The van der Waals surface area contributed by atoms with Crippen LogP contribution in [0.1, 0.15) is 16.7 Å². The number of amidine groups is 1. The maximum atomic E-state index is 13.6. The van der Waals surface area contributed by atoms with E-state index < -0.39 is 23.7 Å². The van der Waals surface area contributed by atoms with Crippen LogP contribution in [-0.4, -0.2) is 64.4 Å². The number of aliphatic imine (C=N–C) groups is 1. The number of phenols is 1. The molecule has 0 saturated carbocycles. The van der Waals surface area contributed by atoms with Crippen LogP contribution in [0.15, 0.2) is 53.8 Å². The molecule has 1 amide bonds. The fourth-order valence-corrected chi connectivity index (χ4v) is 4.10. The Bertz CT molecular complexity index is 1410. The minimum atomic E-state index is -0.816. The van der Waals surface area contributed by atoms with Crippen molar-refractivity contribution in [2.24, 2.45) is 4.99 Å². The predicted octanol–water partition coefficient (Wildman–Crippen LogP) is 2.09. The summed E-state index contributed by atoms with van der Waals surface area (Å²) in [6.45, 7) is 1.89. The average molecular weight is 504 g/mol. The Hall–Kier alpha value is -4.71. The van der Waals surface area contributed by atoms with E-state index in [1.165, 1.54) is 17.3 Å². The lowest BCUT2D eigenvalue weighted by atomic mass is 10.0. The van der Waals surface area contributed by atoms with E-state index in [-0.39, 0.29) is 40.9 Å². The number of benzene rings is 2. The molecule has 1 aliphatic rings. The molecule has 1 aromatic heterocycles. The van der Waals surface area contributed by atoms with Gasteiger partial charge in [-0.3, -0.25) is 20.1 Å². The van der Waals surface area contributed by atoms with Gasteiger partial charge in [-0.2, -0.15) is 0 Å². The standard InChI is InChI=1S/C25H26FN9O2/c1-13-5-3-4-6-17(13)35-19(34-16(10-27)22(30-2)25(35)37)11-31-24-20(23(29)32-12-33-24)21(28)14-7-8-15(26)18(36)9-14/h3-10,12,16,22,27-28,30,36H,11H2,1-2H3,(H3,29,31,32,33). The number of nitrogens with two attached hydrogens (primary N) is 1. The van der Waals surface area contributed by atoms with Crippen LogP contribution in [0, 0.1) is 23.6 Å². The van der Waals surface area contributed by atoms with Gasteiger partial charge in [-0.05, 0) is 43.8 Å². The first-order valence-corrected chi connectivity index (χ1v) is 11.3. The molecular weight excluding hydrogens is 477 g/mol. The molecule has 37 heavy (non-hydrogen) atoms. The van der Waals surface area contributed by atoms with E-state index >= 15 is 0 Å². The van der Waals surface area contributed by atoms with Gasteiger partial charge in [-0.15, -0.1) is 0 Å². The van der Waals surface area contributed by atoms with Gasteiger partial charge in [0.1, 0.15) is 35.9 Å². The van der Waals surface area contributed by atoms with Crippen molar-refractivity contribution in [2.45, 2.75) is 19.0 Å². The Labute approximate surface area is 212 Å². The second kappa shape index (κ2) is 10.5. The van der Waals surface area contributed by atoms with Crippen molar-refractivity contribution >= 4 is 41.0 Å². The number of nitrogens with one attached hydrogen (secondary N) is 4. The first kappa shape index (κ1) is 25.4. The van der Waals surface area contributed by atoms with Crippen molar-refractivity contribution in [2.75, 3.05) is 29.5 Å². The third-order valence-corrected chi connectivity index (χ3v) is 6.00. The third-order valence-electron chi connectivity index (χ3n) is 6.00. The average Bonchev–Trinajstić information content (AvgIpc) is 2.89. The van der Waals surface area contributed by atoms with E-state index in [9.17, 15) is 14.3 Å². The topological polar surface area (TPSA) is 176 Å². The minimum Gasteiger partial charge on any atom is -0.505 e. The zero-order valence-corrected chi connectivity index (χ0v) is 20.2. The Kier molecular flexibility index (Phi) is 7.20. The van der Waals surface area contributed by atoms with Crippen molar-refractivity contribution in [3.05, 3.63) is 71.3 Å². The number of likely N-dealkylation sites (N-methyl/N-ethyl adjacent to an activating group) is 1. The van der Waals surface area contributed by atoms with Crippen LogP contribution in [0.4, 0.5) is 21.7 Å². The molecule has 190 valence electrons. The molecule has 4 rings (SSSR count). The Morgan fingerprint density at radius 2 is 2.03 bits per heavy atom. The van der Waals surface area contributed by atoms with Gasteiger partial charge in [-0.1, -0.05) is 18.2 Å². The van der Waals surface area contributed by atoms with Gasteiger partial charge in [0, 0.05) is 11.8 Å². The maximum absolute atomic E-state index is 13.6. The summed E-state index contributed by atoms with van der Waals surface area (Å²) in [5, 5.41) is 32.2. The number of nitrogen functional groups attached to an aromatic ring is 1. The van der Waals surface area contributed by atoms with Crippen LogP contribution in [0.2, 0.25) is 0 Å². The molecule has 7 N–H and O–H groups in total. The van der Waals surface area contributed by atoms with Gasteiger partial charge in [0.15, 0.2) is 11.6 Å².